The Morgan fingerprint density at radius 1 is 1.47 bits per heavy atom. The number of anilines is 1. The van der Waals surface area contributed by atoms with E-state index in [9.17, 15) is 9.18 Å². The molecule has 2 N–H and O–H groups in total. The number of ether oxygens (including phenoxy) is 1. The maximum atomic E-state index is 13.5. The molecule has 0 saturated heterocycles. The molecule has 0 radical (unpaired) electrons. The van der Waals surface area contributed by atoms with Gasteiger partial charge in [-0.15, -0.1) is 0 Å². The van der Waals surface area contributed by atoms with Crippen molar-refractivity contribution in [3.63, 3.8) is 0 Å². The summed E-state index contributed by atoms with van der Waals surface area (Å²) in [6.45, 7) is 1.83. The standard InChI is InChI=1S/C14H14FNO2S/c1-9-12(15)6-11(7-13(9)16)14(17)18-4-2-10-3-5-19-8-10/h3,5-8H,2,4,16H2,1H3. The second kappa shape index (κ2) is 5.84. The van der Waals surface area contributed by atoms with Gasteiger partial charge in [-0.1, -0.05) is 0 Å². The van der Waals surface area contributed by atoms with Gasteiger partial charge >= 0.3 is 5.97 Å². The molecule has 0 unspecified atom stereocenters. The zero-order chi connectivity index (χ0) is 13.8. The third-order valence-corrected chi connectivity index (χ3v) is 3.56. The normalized spacial score (nSPS) is 10.4. The fraction of sp³-hybridized carbons (Fsp3) is 0.214. The summed E-state index contributed by atoms with van der Waals surface area (Å²) in [5.41, 5.74) is 7.48. The Hall–Kier alpha value is -1.88. The maximum absolute atomic E-state index is 13.5. The van der Waals surface area contributed by atoms with Crippen LogP contribution in [0.5, 0.6) is 0 Å². The SMILES string of the molecule is Cc1c(N)cc(C(=O)OCCc2ccsc2)cc1F. The molecular weight excluding hydrogens is 265 g/mol. The van der Waals surface area contributed by atoms with Crippen LogP contribution in [0.3, 0.4) is 0 Å². The van der Waals surface area contributed by atoms with E-state index in [-0.39, 0.29) is 17.9 Å². The summed E-state index contributed by atoms with van der Waals surface area (Å²) in [5.74, 6) is -1.05. The van der Waals surface area contributed by atoms with Crippen LogP contribution in [-0.4, -0.2) is 12.6 Å². The van der Waals surface area contributed by atoms with E-state index in [2.05, 4.69) is 0 Å². The predicted molar refractivity (Wildman–Crippen MR) is 73.9 cm³/mol. The Morgan fingerprint density at radius 2 is 2.26 bits per heavy atom. The summed E-state index contributed by atoms with van der Waals surface area (Å²) < 4.78 is 18.6. The van der Waals surface area contributed by atoms with Crippen LogP contribution in [0.15, 0.2) is 29.0 Å². The molecule has 0 bridgehead atoms. The van der Waals surface area contributed by atoms with Crippen molar-refractivity contribution in [2.45, 2.75) is 13.3 Å². The van der Waals surface area contributed by atoms with E-state index in [0.717, 1.165) is 11.6 Å². The molecule has 2 aromatic rings. The Morgan fingerprint density at radius 3 is 2.89 bits per heavy atom. The minimum atomic E-state index is -0.555. The van der Waals surface area contributed by atoms with Gasteiger partial charge in [-0.3, -0.25) is 0 Å². The minimum Gasteiger partial charge on any atom is -0.462 e. The minimum absolute atomic E-state index is 0.144. The number of carbonyl (C=O) groups is 1. The zero-order valence-corrected chi connectivity index (χ0v) is 11.3. The van der Waals surface area contributed by atoms with Crippen molar-refractivity contribution in [2.24, 2.45) is 0 Å². The second-order valence-corrected chi connectivity index (χ2v) is 4.97. The highest BCUT2D eigenvalue weighted by atomic mass is 32.1. The molecule has 1 aromatic heterocycles. The molecule has 1 heterocycles. The smallest absolute Gasteiger partial charge is 0.338 e. The van der Waals surface area contributed by atoms with Gasteiger partial charge in [0.1, 0.15) is 5.82 Å². The van der Waals surface area contributed by atoms with E-state index in [4.69, 9.17) is 10.5 Å². The van der Waals surface area contributed by atoms with Gasteiger partial charge < -0.3 is 10.5 Å². The van der Waals surface area contributed by atoms with Crippen molar-refractivity contribution >= 4 is 23.0 Å². The van der Waals surface area contributed by atoms with Gasteiger partial charge in [0.2, 0.25) is 0 Å². The van der Waals surface area contributed by atoms with Gasteiger partial charge in [0.25, 0.3) is 0 Å². The molecule has 2 rings (SSSR count). The molecule has 0 amide bonds. The highest BCUT2D eigenvalue weighted by molar-refractivity contribution is 7.07. The van der Waals surface area contributed by atoms with Crippen molar-refractivity contribution < 1.29 is 13.9 Å². The average molecular weight is 279 g/mol. The van der Waals surface area contributed by atoms with Gasteiger partial charge in [-0.05, 0) is 41.4 Å². The number of nitrogens with two attached hydrogens (primary N) is 1. The number of hydrogen-bond acceptors (Lipinski definition) is 4. The average Bonchev–Trinajstić information content (AvgIpc) is 2.88. The summed E-state index contributed by atoms with van der Waals surface area (Å²) in [7, 11) is 0. The first-order valence-electron chi connectivity index (χ1n) is 5.81. The van der Waals surface area contributed by atoms with Crippen molar-refractivity contribution in [2.75, 3.05) is 12.3 Å². The lowest BCUT2D eigenvalue weighted by atomic mass is 10.1. The molecule has 0 saturated carbocycles. The summed E-state index contributed by atoms with van der Waals surface area (Å²) in [5, 5.41) is 3.96. The van der Waals surface area contributed by atoms with Crippen molar-refractivity contribution in [3.8, 4) is 0 Å². The molecule has 0 aliphatic rings. The molecule has 0 spiro atoms. The predicted octanol–water partition coefficient (Wildman–Crippen LogP) is 3.18. The highest BCUT2D eigenvalue weighted by Crippen LogP contribution is 2.18. The first-order chi connectivity index (χ1) is 9.08. The molecule has 100 valence electrons. The van der Waals surface area contributed by atoms with E-state index in [1.807, 2.05) is 16.8 Å². The van der Waals surface area contributed by atoms with Crippen LogP contribution in [0.4, 0.5) is 10.1 Å². The molecule has 5 heteroatoms. The first-order valence-corrected chi connectivity index (χ1v) is 6.76. The molecule has 19 heavy (non-hydrogen) atoms. The van der Waals surface area contributed by atoms with Crippen LogP contribution in [0, 0.1) is 12.7 Å². The van der Waals surface area contributed by atoms with E-state index in [1.54, 1.807) is 18.3 Å². The monoisotopic (exact) mass is 279 g/mol. The lowest BCUT2D eigenvalue weighted by Crippen LogP contribution is -2.09. The number of thiophene rings is 1. The van der Waals surface area contributed by atoms with Gasteiger partial charge in [0, 0.05) is 17.7 Å². The summed E-state index contributed by atoms with van der Waals surface area (Å²) in [4.78, 5) is 11.7. The number of carbonyl (C=O) groups excluding carboxylic acids is 1. The fourth-order valence-corrected chi connectivity index (χ4v) is 2.30. The van der Waals surface area contributed by atoms with Crippen LogP contribution in [0.1, 0.15) is 21.5 Å². The molecule has 0 aliphatic heterocycles. The summed E-state index contributed by atoms with van der Waals surface area (Å²) in [6.07, 6.45) is 0.652. The first kappa shape index (κ1) is 13.5. The molecule has 1 aromatic carbocycles. The van der Waals surface area contributed by atoms with Gasteiger partial charge in [0.05, 0.1) is 12.2 Å². The Labute approximate surface area is 114 Å². The number of halogens is 1. The molecule has 0 atom stereocenters. The number of hydrogen-bond donors (Lipinski definition) is 1. The third kappa shape index (κ3) is 3.32. The molecule has 0 fully saturated rings. The van der Waals surface area contributed by atoms with E-state index in [1.165, 1.54) is 6.07 Å². The zero-order valence-electron chi connectivity index (χ0n) is 10.5. The molecular formula is C14H14FNO2S. The van der Waals surface area contributed by atoms with Gasteiger partial charge in [0.15, 0.2) is 0 Å². The van der Waals surface area contributed by atoms with Crippen LogP contribution >= 0.6 is 11.3 Å². The third-order valence-electron chi connectivity index (χ3n) is 2.82. The molecule has 3 nitrogen and oxygen atoms in total. The largest absolute Gasteiger partial charge is 0.462 e. The number of nitrogen functional groups attached to an aromatic ring is 1. The van der Waals surface area contributed by atoms with Crippen LogP contribution in [0.25, 0.3) is 0 Å². The number of rotatable bonds is 4. The maximum Gasteiger partial charge on any atom is 0.338 e. The lowest BCUT2D eigenvalue weighted by molar-refractivity contribution is 0.0509. The number of esters is 1. The topological polar surface area (TPSA) is 52.3 Å². The number of benzene rings is 1. The Bertz CT molecular complexity index is 558. The van der Waals surface area contributed by atoms with Crippen molar-refractivity contribution in [1.82, 2.24) is 0 Å². The Balaban J connectivity index is 1.96. The fourth-order valence-electron chi connectivity index (χ4n) is 1.60. The van der Waals surface area contributed by atoms with Gasteiger partial charge in [-0.25, -0.2) is 9.18 Å². The summed E-state index contributed by atoms with van der Waals surface area (Å²) >= 11 is 1.59. The van der Waals surface area contributed by atoms with Crippen molar-refractivity contribution in [3.05, 3.63) is 51.5 Å². The summed E-state index contributed by atoms with van der Waals surface area (Å²) in [6, 6.07) is 4.56. The van der Waals surface area contributed by atoms with E-state index in [0.29, 0.717) is 12.0 Å². The van der Waals surface area contributed by atoms with Crippen LogP contribution in [0.2, 0.25) is 0 Å². The van der Waals surface area contributed by atoms with Crippen LogP contribution < -0.4 is 5.73 Å². The quantitative estimate of drug-likeness (QED) is 0.691. The van der Waals surface area contributed by atoms with Crippen molar-refractivity contribution in [1.29, 1.82) is 0 Å². The highest BCUT2D eigenvalue weighted by Gasteiger charge is 2.12. The molecule has 0 aliphatic carbocycles. The second-order valence-electron chi connectivity index (χ2n) is 4.19. The van der Waals surface area contributed by atoms with Gasteiger partial charge in [-0.2, -0.15) is 11.3 Å². The lowest BCUT2D eigenvalue weighted by Gasteiger charge is -2.07. The van der Waals surface area contributed by atoms with E-state index < -0.39 is 11.8 Å². The van der Waals surface area contributed by atoms with Crippen LogP contribution in [-0.2, 0) is 11.2 Å². The van der Waals surface area contributed by atoms with E-state index >= 15 is 0 Å². The Kier molecular flexibility index (Phi) is 4.16.